The van der Waals surface area contributed by atoms with E-state index >= 15 is 0 Å². The van der Waals surface area contributed by atoms with E-state index in [9.17, 15) is 9.59 Å². The van der Waals surface area contributed by atoms with Crippen LogP contribution in [-0.4, -0.2) is 17.9 Å². The van der Waals surface area contributed by atoms with Crippen molar-refractivity contribution in [3.05, 3.63) is 59.2 Å². The Labute approximate surface area is 136 Å². The molecule has 1 aliphatic heterocycles. The van der Waals surface area contributed by atoms with Crippen LogP contribution in [0.5, 0.6) is 0 Å². The molecule has 1 aliphatic rings. The zero-order valence-corrected chi connectivity index (χ0v) is 13.6. The molecule has 4 nitrogen and oxygen atoms in total. The number of benzene rings is 2. The summed E-state index contributed by atoms with van der Waals surface area (Å²) in [5.41, 5.74) is 4.81. The number of carbonyl (C=O) groups excluding carboxylic acids is 2. The smallest absolute Gasteiger partial charge is 0.256 e. The van der Waals surface area contributed by atoms with E-state index in [1.807, 2.05) is 63.2 Å². The molecule has 0 bridgehead atoms. The highest BCUT2D eigenvalue weighted by molar-refractivity contribution is 6.23. The number of rotatable bonds is 3. The molecule has 1 fully saturated rings. The third-order valence-electron chi connectivity index (χ3n) is 4.35. The van der Waals surface area contributed by atoms with Gasteiger partial charge in [-0.25, -0.2) is 4.90 Å². The lowest BCUT2D eigenvalue weighted by molar-refractivity contribution is -0.121. The maximum Gasteiger partial charge on any atom is 0.256 e. The molecule has 0 saturated carbocycles. The molecular formula is C19H20N2O2. The van der Waals surface area contributed by atoms with Gasteiger partial charge < -0.3 is 5.32 Å². The number of nitrogens with one attached hydrogen (secondary N) is 1. The average molecular weight is 308 g/mol. The second-order valence-electron chi connectivity index (χ2n) is 6.05. The van der Waals surface area contributed by atoms with Crippen molar-refractivity contribution in [2.45, 2.75) is 33.2 Å². The van der Waals surface area contributed by atoms with Gasteiger partial charge in [0.15, 0.2) is 0 Å². The van der Waals surface area contributed by atoms with Crippen LogP contribution >= 0.6 is 0 Å². The van der Waals surface area contributed by atoms with Crippen molar-refractivity contribution < 1.29 is 9.59 Å². The maximum absolute atomic E-state index is 12.7. The van der Waals surface area contributed by atoms with Crippen LogP contribution in [0.4, 0.5) is 11.4 Å². The summed E-state index contributed by atoms with van der Waals surface area (Å²) in [5.74, 6) is -0.354. The first kappa shape index (κ1) is 15.3. The van der Waals surface area contributed by atoms with Gasteiger partial charge in [-0.3, -0.25) is 9.59 Å². The number of carbonyl (C=O) groups is 2. The van der Waals surface area contributed by atoms with Crippen molar-refractivity contribution in [2.75, 3.05) is 10.2 Å². The Morgan fingerprint density at radius 2 is 1.70 bits per heavy atom. The highest BCUT2D eigenvalue weighted by Crippen LogP contribution is 2.27. The van der Waals surface area contributed by atoms with E-state index in [0.717, 1.165) is 16.8 Å². The third kappa shape index (κ3) is 2.84. The molecule has 0 aliphatic carbocycles. The van der Waals surface area contributed by atoms with Gasteiger partial charge in [0.25, 0.3) is 5.91 Å². The number of hydrogen-bond donors (Lipinski definition) is 1. The summed E-state index contributed by atoms with van der Waals surface area (Å²) in [7, 11) is 0. The molecule has 0 radical (unpaired) electrons. The van der Waals surface area contributed by atoms with Gasteiger partial charge in [0.2, 0.25) is 5.91 Å². The second-order valence-corrected chi connectivity index (χ2v) is 6.05. The van der Waals surface area contributed by atoms with Crippen LogP contribution in [0.25, 0.3) is 0 Å². The lowest BCUT2D eigenvalue weighted by Gasteiger charge is -2.18. The minimum Gasteiger partial charge on any atom is -0.373 e. The SMILES string of the molecule is Cc1ccc(NC2CC(=O)N(c3ccccc3C)C2=O)cc1C. The Balaban J connectivity index is 1.84. The number of hydrogen-bond acceptors (Lipinski definition) is 3. The van der Waals surface area contributed by atoms with Crippen molar-refractivity contribution >= 4 is 23.2 Å². The largest absolute Gasteiger partial charge is 0.373 e. The lowest BCUT2D eigenvalue weighted by Crippen LogP contribution is -2.35. The van der Waals surface area contributed by atoms with E-state index in [-0.39, 0.29) is 18.2 Å². The summed E-state index contributed by atoms with van der Waals surface area (Å²) in [6.07, 6.45) is 0.181. The predicted molar refractivity (Wildman–Crippen MR) is 91.6 cm³/mol. The molecule has 0 spiro atoms. The molecule has 3 rings (SSSR count). The summed E-state index contributed by atoms with van der Waals surface area (Å²) in [6.45, 7) is 5.98. The van der Waals surface area contributed by atoms with E-state index in [0.29, 0.717) is 5.69 Å². The van der Waals surface area contributed by atoms with E-state index < -0.39 is 6.04 Å². The van der Waals surface area contributed by atoms with E-state index in [1.165, 1.54) is 10.5 Å². The summed E-state index contributed by atoms with van der Waals surface area (Å²) in [5, 5.41) is 3.20. The first-order chi connectivity index (χ1) is 11.0. The third-order valence-corrected chi connectivity index (χ3v) is 4.35. The first-order valence-electron chi connectivity index (χ1n) is 7.73. The van der Waals surface area contributed by atoms with Gasteiger partial charge in [-0.1, -0.05) is 24.3 Å². The molecule has 0 aromatic heterocycles. The monoisotopic (exact) mass is 308 g/mol. The van der Waals surface area contributed by atoms with Crippen molar-refractivity contribution in [3.8, 4) is 0 Å². The molecule has 1 heterocycles. The van der Waals surface area contributed by atoms with E-state index in [4.69, 9.17) is 0 Å². The van der Waals surface area contributed by atoms with Gasteiger partial charge in [0, 0.05) is 5.69 Å². The normalized spacial score (nSPS) is 17.7. The van der Waals surface area contributed by atoms with Crippen LogP contribution in [0.2, 0.25) is 0 Å². The van der Waals surface area contributed by atoms with Gasteiger partial charge in [0.05, 0.1) is 12.1 Å². The standard InChI is InChI=1S/C19H20N2O2/c1-12-8-9-15(10-14(12)3)20-16-11-18(22)21(19(16)23)17-7-5-4-6-13(17)2/h4-10,16,20H,11H2,1-3H3. The van der Waals surface area contributed by atoms with Gasteiger partial charge in [-0.15, -0.1) is 0 Å². The number of imide groups is 1. The Kier molecular flexibility index (Phi) is 3.90. The van der Waals surface area contributed by atoms with Crippen LogP contribution in [0.15, 0.2) is 42.5 Å². The highest BCUT2D eigenvalue weighted by atomic mass is 16.2. The number of nitrogens with zero attached hydrogens (tertiary/aromatic N) is 1. The summed E-state index contributed by atoms with van der Waals surface area (Å²) in [6, 6.07) is 12.9. The van der Waals surface area contributed by atoms with Crippen LogP contribution < -0.4 is 10.2 Å². The van der Waals surface area contributed by atoms with Gasteiger partial charge in [0.1, 0.15) is 6.04 Å². The van der Waals surface area contributed by atoms with Crippen molar-refractivity contribution in [2.24, 2.45) is 0 Å². The van der Waals surface area contributed by atoms with Crippen LogP contribution in [0.1, 0.15) is 23.1 Å². The Morgan fingerprint density at radius 1 is 0.957 bits per heavy atom. The molecule has 1 saturated heterocycles. The number of anilines is 2. The van der Waals surface area contributed by atoms with Crippen LogP contribution in [0, 0.1) is 20.8 Å². The number of para-hydroxylation sites is 1. The minimum absolute atomic E-state index is 0.161. The second kappa shape index (κ2) is 5.88. The fraction of sp³-hybridized carbons (Fsp3) is 0.263. The summed E-state index contributed by atoms with van der Waals surface area (Å²) >= 11 is 0. The molecule has 2 aromatic carbocycles. The average Bonchev–Trinajstić information content (AvgIpc) is 2.78. The Hall–Kier alpha value is -2.62. The minimum atomic E-state index is -0.510. The summed E-state index contributed by atoms with van der Waals surface area (Å²) in [4.78, 5) is 26.3. The van der Waals surface area contributed by atoms with E-state index in [2.05, 4.69) is 5.32 Å². The number of amides is 2. The molecule has 2 aromatic rings. The van der Waals surface area contributed by atoms with Crippen molar-refractivity contribution in [3.63, 3.8) is 0 Å². The summed E-state index contributed by atoms with van der Waals surface area (Å²) < 4.78 is 0. The zero-order valence-electron chi connectivity index (χ0n) is 13.6. The molecule has 1 atom stereocenters. The Bertz CT molecular complexity index is 783. The lowest BCUT2D eigenvalue weighted by atomic mass is 10.1. The molecule has 1 unspecified atom stereocenters. The van der Waals surface area contributed by atoms with Crippen LogP contribution in [0.3, 0.4) is 0 Å². The molecule has 4 heteroatoms. The van der Waals surface area contributed by atoms with Crippen LogP contribution in [-0.2, 0) is 9.59 Å². The maximum atomic E-state index is 12.7. The van der Waals surface area contributed by atoms with Gasteiger partial charge in [-0.2, -0.15) is 0 Å². The molecule has 23 heavy (non-hydrogen) atoms. The molecular weight excluding hydrogens is 288 g/mol. The zero-order chi connectivity index (χ0) is 16.6. The van der Waals surface area contributed by atoms with Gasteiger partial charge in [-0.05, 0) is 55.7 Å². The Morgan fingerprint density at radius 3 is 2.39 bits per heavy atom. The first-order valence-corrected chi connectivity index (χ1v) is 7.73. The molecule has 2 amide bonds. The van der Waals surface area contributed by atoms with Crippen molar-refractivity contribution in [1.82, 2.24) is 0 Å². The predicted octanol–water partition coefficient (Wildman–Crippen LogP) is 3.36. The molecule has 118 valence electrons. The number of aryl methyl sites for hydroxylation is 3. The highest BCUT2D eigenvalue weighted by Gasteiger charge is 2.40. The fourth-order valence-electron chi connectivity index (χ4n) is 2.84. The quantitative estimate of drug-likeness (QED) is 0.885. The fourth-order valence-corrected chi connectivity index (χ4v) is 2.84. The van der Waals surface area contributed by atoms with Crippen molar-refractivity contribution in [1.29, 1.82) is 0 Å². The van der Waals surface area contributed by atoms with Gasteiger partial charge >= 0.3 is 0 Å². The van der Waals surface area contributed by atoms with E-state index in [1.54, 1.807) is 0 Å². The molecule has 1 N–H and O–H groups in total. The topological polar surface area (TPSA) is 49.4 Å².